The van der Waals surface area contributed by atoms with Crippen molar-refractivity contribution >= 4 is 11.6 Å². The Morgan fingerprint density at radius 3 is 2.69 bits per heavy atom. The van der Waals surface area contributed by atoms with Gasteiger partial charge >= 0.3 is 0 Å². The third kappa shape index (κ3) is 4.07. The molecule has 0 N–H and O–H groups in total. The second kappa shape index (κ2) is 7.64. The van der Waals surface area contributed by atoms with Crippen LogP contribution < -0.4 is 14.4 Å². The van der Waals surface area contributed by atoms with Crippen molar-refractivity contribution in [3.05, 3.63) is 48.8 Å². The van der Waals surface area contributed by atoms with Crippen LogP contribution in [0.4, 0.5) is 5.69 Å². The molecule has 6 heteroatoms. The summed E-state index contributed by atoms with van der Waals surface area (Å²) in [4.78, 5) is 20.7. The van der Waals surface area contributed by atoms with Gasteiger partial charge in [0.2, 0.25) is 0 Å². The number of pyridine rings is 1. The largest absolute Gasteiger partial charge is 0.497 e. The lowest BCUT2D eigenvalue weighted by molar-refractivity contribution is -0.134. The highest BCUT2D eigenvalue weighted by molar-refractivity contribution is 5.78. The average molecular weight is 355 g/mol. The fraction of sp³-hybridized carbons (Fsp3) is 0.400. The summed E-state index contributed by atoms with van der Waals surface area (Å²) in [5, 5.41) is 0. The van der Waals surface area contributed by atoms with E-state index < -0.39 is 0 Å². The van der Waals surface area contributed by atoms with Crippen LogP contribution in [0.3, 0.4) is 0 Å². The molecule has 1 amide bonds. The molecule has 0 saturated carbocycles. The van der Waals surface area contributed by atoms with E-state index in [0.29, 0.717) is 18.8 Å². The van der Waals surface area contributed by atoms with Gasteiger partial charge in [0.1, 0.15) is 11.5 Å². The number of ether oxygens (including phenoxy) is 2. The van der Waals surface area contributed by atoms with Gasteiger partial charge in [0.05, 0.1) is 18.8 Å². The van der Waals surface area contributed by atoms with Crippen LogP contribution in [0.5, 0.6) is 11.5 Å². The van der Waals surface area contributed by atoms with Crippen molar-refractivity contribution in [2.75, 3.05) is 38.3 Å². The third-order valence-corrected chi connectivity index (χ3v) is 4.62. The third-order valence-electron chi connectivity index (χ3n) is 4.62. The molecule has 1 fully saturated rings. The van der Waals surface area contributed by atoms with Crippen molar-refractivity contribution in [3.8, 4) is 11.5 Å². The predicted octanol–water partition coefficient (Wildman–Crippen LogP) is 2.60. The minimum atomic E-state index is -0.186. The van der Waals surface area contributed by atoms with E-state index in [4.69, 9.17) is 9.47 Å². The number of anilines is 1. The zero-order valence-electron chi connectivity index (χ0n) is 15.5. The number of hydrogen-bond acceptors (Lipinski definition) is 5. The fourth-order valence-corrected chi connectivity index (χ4v) is 3.29. The number of piperazine rings is 1. The van der Waals surface area contributed by atoms with Gasteiger partial charge in [-0.1, -0.05) is 6.07 Å². The number of rotatable bonds is 5. The normalized spacial score (nSPS) is 16.3. The van der Waals surface area contributed by atoms with Gasteiger partial charge in [-0.2, -0.15) is 0 Å². The smallest absolute Gasteiger partial charge is 0.260 e. The van der Waals surface area contributed by atoms with Gasteiger partial charge in [-0.25, -0.2) is 0 Å². The first-order chi connectivity index (χ1) is 12.5. The van der Waals surface area contributed by atoms with Gasteiger partial charge in [-0.15, -0.1) is 0 Å². The average Bonchev–Trinajstić information content (AvgIpc) is 2.66. The van der Waals surface area contributed by atoms with Crippen molar-refractivity contribution in [2.45, 2.75) is 19.4 Å². The first kappa shape index (κ1) is 18.0. The highest BCUT2D eigenvalue weighted by Crippen LogP contribution is 2.30. The van der Waals surface area contributed by atoms with E-state index in [0.717, 1.165) is 18.0 Å². The molecule has 26 heavy (non-hydrogen) atoms. The fourth-order valence-electron chi connectivity index (χ4n) is 3.29. The molecule has 1 aliphatic rings. The topological polar surface area (TPSA) is 54.9 Å². The molecule has 0 atom stereocenters. The molecule has 0 aliphatic carbocycles. The lowest BCUT2D eigenvalue weighted by Crippen LogP contribution is -2.61. The summed E-state index contributed by atoms with van der Waals surface area (Å²) < 4.78 is 10.9. The number of amides is 1. The maximum atomic E-state index is 12.5. The van der Waals surface area contributed by atoms with Crippen molar-refractivity contribution < 1.29 is 14.3 Å². The molecule has 2 aromatic rings. The van der Waals surface area contributed by atoms with E-state index in [9.17, 15) is 4.79 Å². The maximum absolute atomic E-state index is 12.5. The van der Waals surface area contributed by atoms with E-state index in [1.807, 2.05) is 23.1 Å². The Kier molecular flexibility index (Phi) is 5.30. The molecule has 0 spiro atoms. The summed E-state index contributed by atoms with van der Waals surface area (Å²) in [5.41, 5.74) is 0.919. The van der Waals surface area contributed by atoms with E-state index in [-0.39, 0.29) is 18.1 Å². The predicted molar refractivity (Wildman–Crippen MR) is 101 cm³/mol. The maximum Gasteiger partial charge on any atom is 0.260 e. The van der Waals surface area contributed by atoms with Crippen LogP contribution in [0.1, 0.15) is 13.8 Å². The Bertz CT molecular complexity index is 749. The summed E-state index contributed by atoms with van der Waals surface area (Å²) in [6.07, 6.45) is 3.28. The van der Waals surface area contributed by atoms with Gasteiger partial charge < -0.3 is 19.3 Å². The molecule has 138 valence electrons. The number of carbonyl (C=O) groups excluding carboxylic acids is 1. The van der Waals surface area contributed by atoms with Gasteiger partial charge in [0.25, 0.3) is 5.91 Å². The first-order valence-corrected chi connectivity index (χ1v) is 8.72. The molecule has 0 radical (unpaired) electrons. The minimum Gasteiger partial charge on any atom is -0.497 e. The van der Waals surface area contributed by atoms with Gasteiger partial charge in [0, 0.05) is 37.6 Å². The number of aromatic nitrogens is 1. The highest BCUT2D eigenvalue weighted by Gasteiger charge is 2.35. The molecule has 0 bridgehead atoms. The van der Waals surface area contributed by atoms with E-state index in [1.54, 1.807) is 31.6 Å². The molecular weight excluding hydrogens is 330 g/mol. The Hall–Kier alpha value is -2.76. The lowest BCUT2D eigenvalue weighted by atomic mass is 9.97. The second-order valence-electron chi connectivity index (χ2n) is 6.96. The molecule has 3 rings (SSSR count). The van der Waals surface area contributed by atoms with Crippen LogP contribution in [-0.4, -0.2) is 54.7 Å². The van der Waals surface area contributed by atoms with E-state index in [2.05, 4.69) is 29.8 Å². The zero-order chi connectivity index (χ0) is 18.6. The molecule has 6 nitrogen and oxygen atoms in total. The van der Waals surface area contributed by atoms with E-state index in [1.165, 1.54) is 0 Å². The van der Waals surface area contributed by atoms with Gasteiger partial charge in [-0.3, -0.25) is 9.78 Å². The summed E-state index contributed by atoms with van der Waals surface area (Å²) in [7, 11) is 1.67. The zero-order valence-corrected chi connectivity index (χ0v) is 15.5. The molecule has 2 heterocycles. The van der Waals surface area contributed by atoms with Crippen LogP contribution in [0.25, 0.3) is 0 Å². The van der Waals surface area contributed by atoms with Gasteiger partial charge in [-0.05, 0) is 38.1 Å². The van der Waals surface area contributed by atoms with Crippen molar-refractivity contribution in [1.29, 1.82) is 0 Å². The Morgan fingerprint density at radius 2 is 2.00 bits per heavy atom. The highest BCUT2D eigenvalue weighted by atomic mass is 16.5. The monoisotopic (exact) mass is 355 g/mol. The minimum absolute atomic E-state index is 0.00720. The van der Waals surface area contributed by atoms with Crippen molar-refractivity contribution in [2.24, 2.45) is 0 Å². The molecule has 1 aromatic carbocycles. The quantitative estimate of drug-likeness (QED) is 0.825. The number of carbonyl (C=O) groups is 1. The van der Waals surface area contributed by atoms with Crippen LogP contribution in [0.15, 0.2) is 48.8 Å². The lowest BCUT2D eigenvalue weighted by Gasteiger charge is -2.48. The molecular formula is C20H25N3O3. The molecule has 1 aromatic heterocycles. The Labute approximate surface area is 154 Å². The Morgan fingerprint density at radius 1 is 1.19 bits per heavy atom. The number of methoxy groups -OCH3 is 1. The van der Waals surface area contributed by atoms with Crippen molar-refractivity contribution in [1.82, 2.24) is 9.88 Å². The summed E-state index contributed by atoms with van der Waals surface area (Å²) in [5.74, 6) is 1.43. The van der Waals surface area contributed by atoms with Crippen LogP contribution in [0.2, 0.25) is 0 Å². The van der Waals surface area contributed by atoms with Gasteiger partial charge in [0.15, 0.2) is 6.61 Å². The number of hydrogen-bond donors (Lipinski definition) is 0. The molecule has 0 unspecified atom stereocenters. The van der Waals surface area contributed by atoms with Crippen LogP contribution >= 0.6 is 0 Å². The summed E-state index contributed by atoms with van der Waals surface area (Å²) in [6, 6.07) is 11.6. The van der Waals surface area contributed by atoms with E-state index >= 15 is 0 Å². The standard InChI is InChI=1S/C20H25N3O3/c1-20(2)15-22(19(24)14-26-18-8-5-9-21-13-18)10-11-23(20)16-6-4-7-17(12-16)25-3/h4-9,12-13H,10-11,14-15H2,1-3H3. The molecule has 1 aliphatic heterocycles. The Balaban J connectivity index is 1.63. The number of benzene rings is 1. The van der Waals surface area contributed by atoms with Crippen LogP contribution in [0, 0.1) is 0 Å². The number of nitrogens with zero attached hydrogens (tertiary/aromatic N) is 3. The van der Waals surface area contributed by atoms with Crippen molar-refractivity contribution in [3.63, 3.8) is 0 Å². The molecule has 1 saturated heterocycles. The SMILES string of the molecule is COc1cccc(N2CCN(C(=O)COc3cccnc3)CC2(C)C)c1. The second-order valence-corrected chi connectivity index (χ2v) is 6.96. The summed E-state index contributed by atoms with van der Waals surface area (Å²) >= 11 is 0. The first-order valence-electron chi connectivity index (χ1n) is 8.72. The summed E-state index contributed by atoms with van der Waals surface area (Å²) in [6.45, 7) is 6.39. The van der Waals surface area contributed by atoms with Crippen LogP contribution in [-0.2, 0) is 4.79 Å².